The van der Waals surface area contributed by atoms with Gasteiger partial charge in [-0.05, 0) is 35.9 Å². The summed E-state index contributed by atoms with van der Waals surface area (Å²) >= 11 is 0.0557. The Hall–Kier alpha value is -2.80. The van der Waals surface area contributed by atoms with Crippen LogP contribution in [0.5, 0.6) is 0 Å². The first-order valence-corrected chi connectivity index (χ1v) is 7.78. The Kier molecular flexibility index (Phi) is 3.70. The molecule has 0 unspecified atom stereocenters. The highest BCUT2D eigenvalue weighted by Crippen LogP contribution is 2.31. The van der Waals surface area contributed by atoms with Crippen molar-refractivity contribution in [2.24, 2.45) is 0 Å². The third-order valence-electron chi connectivity index (χ3n) is 3.69. The molecular weight excluding hydrogens is 330 g/mol. The predicted octanol–water partition coefficient (Wildman–Crippen LogP) is 4.68. The molecule has 0 aliphatic heterocycles. The minimum absolute atomic E-state index is 0.0557. The van der Waals surface area contributed by atoms with Crippen LogP contribution < -0.4 is 0 Å². The van der Waals surface area contributed by atoms with Crippen LogP contribution in [0.15, 0.2) is 61.1 Å². The maximum absolute atomic E-state index is 13.1. The van der Waals surface area contributed by atoms with Crippen molar-refractivity contribution in [3.63, 3.8) is 0 Å². The topological polar surface area (TPSA) is 43.6 Å². The largest absolute Gasteiger partial charge is 0.254 e. The predicted molar refractivity (Wildman–Crippen MR) is 90.2 cm³/mol. The molecule has 3 aromatic heterocycles. The zero-order valence-electron chi connectivity index (χ0n) is 12.2. The van der Waals surface area contributed by atoms with Crippen molar-refractivity contribution < 1.29 is 8.28 Å². The molecule has 0 spiro atoms. The summed E-state index contributed by atoms with van der Waals surface area (Å²) in [5, 5.41) is 4.79. The van der Waals surface area contributed by atoms with Gasteiger partial charge in [0.1, 0.15) is 5.82 Å². The van der Waals surface area contributed by atoms with Crippen LogP contribution in [0.2, 0.25) is 0 Å². The molecule has 4 rings (SSSR count). The van der Waals surface area contributed by atoms with Crippen molar-refractivity contribution in [1.82, 2.24) is 19.2 Å². The summed E-state index contributed by atoms with van der Waals surface area (Å²) in [6.45, 7) is 0. The van der Waals surface area contributed by atoms with Crippen LogP contribution >= 0.6 is 12.3 Å². The van der Waals surface area contributed by atoms with Gasteiger partial charge in [-0.25, -0.2) is 4.39 Å². The highest BCUT2D eigenvalue weighted by Gasteiger charge is 2.12. The van der Waals surface area contributed by atoms with Gasteiger partial charge in [-0.15, -0.1) is 3.89 Å². The van der Waals surface area contributed by atoms with Gasteiger partial charge in [0.05, 0.1) is 29.3 Å². The lowest BCUT2D eigenvalue weighted by molar-refractivity contribution is 0.622. The first kappa shape index (κ1) is 14.8. The highest BCUT2D eigenvalue weighted by atomic mass is 32.2. The number of hydrogen-bond donors (Lipinski definition) is 0. The molecular formula is C17H10F2N4S. The van der Waals surface area contributed by atoms with Gasteiger partial charge in [0.15, 0.2) is 12.3 Å². The minimum Gasteiger partial charge on any atom is -0.254 e. The quantitative estimate of drug-likeness (QED) is 0.543. The van der Waals surface area contributed by atoms with Crippen LogP contribution in [0.1, 0.15) is 0 Å². The van der Waals surface area contributed by atoms with E-state index in [9.17, 15) is 8.28 Å². The van der Waals surface area contributed by atoms with Gasteiger partial charge >= 0.3 is 0 Å². The van der Waals surface area contributed by atoms with Gasteiger partial charge in [-0.1, -0.05) is 12.1 Å². The van der Waals surface area contributed by atoms with E-state index in [1.807, 2.05) is 24.3 Å². The van der Waals surface area contributed by atoms with Gasteiger partial charge in [0.25, 0.3) is 0 Å². The van der Waals surface area contributed by atoms with Crippen LogP contribution in [0.25, 0.3) is 33.4 Å². The second kappa shape index (κ2) is 6.01. The van der Waals surface area contributed by atoms with Crippen molar-refractivity contribution in [2.75, 3.05) is 0 Å². The number of nitrogens with zero attached hydrogens (tertiary/aromatic N) is 4. The Morgan fingerprint density at radius 2 is 1.92 bits per heavy atom. The van der Waals surface area contributed by atoms with E-state index in [2.05, 4.69) is 15.1 Å². The summed E-state index contributed by atoms with van der Waals surface area (Å²) in [4.78, 5) is 8.49. The van der Waals surface area contributed by atoms with Crippen molar-refractivity contribution >= 4 is 23.2 Å². The van der Waals surface area contributed by atoms with Crippen molar-refractivity contribution in [3.05, 3.63) is 66.9 Å². The monoisotopic (exact) mass is 340 g/mol. The van der Waals surface area contributed by atoms with Gasteiger partial charge in [-0.3, -0.25) is 9.97 Å². The molecule has 0 fully saturated rings. The number of halogens is 2. The van der Waals surface area contributed by atoms with Gasteiger partial charge in [-0.2, -0.15) is 9.19 Å². The minimum atomic E-state index is -0.395. The second-order valence-electron chi connectivity index (χ2n) is 5.12. The fraction of sp³-hybridized carbons (Fsp3) is 0. The fourth-order valence-electron chi connectivity index (χ4n) is 2.59. The normalized spacial score (nSPS) is 11.1. The molecule has 0 amide bonds. The summed E-state index contributed by atoms with van der Waals surface area (Å²) in [5.41, 5.74) is 3.70. The Balaban J connectivity index is 1.86. The number of benzene rings is 1. The molecule has 24 heavy (non-hydrogen) atoms. The highest BCUT2D eigenvalue weighted by molar-refractivity contribution is 7.92. The maximum Gasteiger partial charge on any atom is 0.188 e. The van der Waals surface area contributed by atoms with Crippen LogP contribution in [-0.2, 0) is 0 Å². The third kappa shape index (κ3) is 2.52. The molecule has 0 saturated carbocycles. The van der Waals surface area contributed by atoms with Gasteiger partial charge in [0, 0.05) is 17.1 Å². The number of rotatable bonds is 3. The molecule has 4 aromatic rings. The van der Waals surface area contributed by atoms with Gasteiger partial charge < -0.3 is 0 Å². The average molecular weight is 340 g/mol. The van der Waals surface area contributed by atoms with Crippen molar-refractivity contribution in [3.8, 4) is 22.5 Å². The first-order chi connectivity index (χ1) is 11.8. The Bertz CT molecular complexity index is 1010. The average Bonchev–Trinajstić information content (AvgIpc) is 3.04. The van der Waals surface area contributed by atoms with Gasteiger partial charge in [0.2, 0.25) is 0 Å². The van der Waals surface area contributed by atoms with Crippen LogP contribution in [-0.4, -0.2) is 19.2 Å². The standard InChI is InChI=1S/C17H10F2N4S/c18-13-4-5-15(21-10-13)17-14(2-1-7-20-17)11-3-6-16-12(8-11)9-22-23(16)24-19/h1-10H. The first-order valence-electron chi connectivity index (χ1n) is 7.10. The lowest BCUT2D eigenvalue weighted by atomic mass is 10.0. The molecule has 0 atom stereocenters. The van der Waals surface area contributed by atoms with Crippen LogP contribution in [0.3, 0.4) is 0 Å². The second-order valence-corrected chi connectivity index (χ2v) is 5.61. The molecule has 1 aromatic carbocycles. The van der Waals surface area contributed by atoms with E-state index in [0.717, 1.165) is 16.5 Å². The van der Waals surface area contributed by atoms with E-state index in [4.69, 9.17) is 0 Å². The van der Waals surface area contributed by atoms with E-state index in [-0.39, 0.29) is 12.3 Å². The smallest absolute Gasteiger partial charge is 0.188 e. The molecule has 3 heterocycles. The summed E-state index contributed by atoms with van der Waals surface area (Å²) in [7, 11) is 0. The van der Waals surface area contributed by atoms with E-state index in [0.29, 0.717) is 16.9 Å². The molecule has 0 N–H and O–H groups in total. The Labute approximate surface area is 140 Å². The van der Waals surface area contributed by atoms with E-state index in [1.54, 1.807) is 24.5 Å². The summed E-state index contributed by atoms with van der Waals surface area (Å²) in [6, 6.07) is 12.3. The lowest BCUT2D eigenvalue weighted by Gasteiger charge is -2.08. The van der Waals surface area contributed by atoms with Crippen LogP contribution in [0, 0.1) is 5.82 Å². The number of hydrogen-bond acceptors (Lipinski definition) is 4. The summed E-state index contributed by atoms with van der Waals surface area (Å²) in [5.74, 6) is -0.395. The maximum atomic E-state index is 13.1. The van der Waals surface area contributed by atoms with Crippen LogP contribution in [0.4, 0.5) is 8.28 Å². The van der Waals surface area contributed by atoms with E-state index in [1.165, 1.54) is 16.4 Å². The van der Waals surface area contributed by atoms with Crippen molar-refractivity contribution in [2.45, 2.75) is 0 Å². The molecule has 0 saturated heterocycles. The fourth-order valence-corrected chi connectivity index (χ4v) is 2.91. The van der Waals surface area contributed by atoms with E-state index < -0.39 is 5.82 Å². The van der Waals surface area contributed by atoms with E-state index >= 15 is 0 Å². The molecule has 0 bridgehead atoms. The molecule has 0 aliphatic carbocycles. The molecule has 7 heteroatoms. The van der Waals surface area contributed by atoms with Crippen molar-refractivity contribution in [1.29, 1.82) is 0 Å². The number of fused-ring (bicyclic) bond motifs is 1. The molecule has 4 nitrogen and oxygen atoms in total. The molecule has 0 aliphatic rings. The number of pyridine rings is 2. The lowest BCUT2D eigenvalue weighted by Crippen LogP contribution is -1.92. The zero-order valence-corrected chi connectivity index (χ0v) is 13.0. The number of aromatic nitrogens is 4. The summed E-state index contributed by atoms with van der Waals surface area (Å²) < 4.78 is 27.1. The Morgan fingerprint density at radius 3 is 2.71 bits per heavy atom. The molecule has 0 radical (unpaired) electrons. The zero-order chi connectivity index (χ0) is 16.5. The Morgan fingerprint density at radius 1 is 1.00 bits per heavy atom. The third-order valence-corrected chi connectivity index (χ3v) is 4.11. The summed E-state index contributed by atoms with van der Waals surface area (Å²) in [6.07, 6.45) is 4.44. The SMILES string of the molecule is FSn1ncc2cc(-c3cccnc3-c3ccc(F)cn3)ccc21. The molecule has 118 valence electrons.